The smallest absolute Gasteiger partial charge is 0.461 e. The average Bonchev–Trinajstić information content (AvgIpc) is 3.10. The molecule has 3 aromatic rings. The number of methoxy groups -OCH3 is 1. The van der Waals surface area contributed by atoms with Gasteiger partial charge in [-0.2, -0.15) is 17.6 Å². The molecule has 0 radical (unpaired) electrons. The van der Waals surface area contributed by atoms with Crippen LogP contribution in [0.25, 0.3) is 0 Å². The molecular weight excluding hydrogens is 676 g/mol. The van der Waals surface area contributed by atoms with Crippen molar-refractivity contribution < 1.29 is 41.4 Å². The minimum Gasteiger partial charge on any atom is -0.466 e. The Hall–Kier alpha value is -4.35. The van der Waals surface area contributed by atoms with E-state index in [1.54, 1.807) is 13.8 Å². The van der Waals surface area contributed by atoms with Crippen LogP contribution in [0.4, 0.5) is 17.6 Å². The summed E-state index contributed by atoms with van der Waals surface area (Å²) in [5.41, 5.74) is 3.57. The van der Waals surface area contributed by atoms with Crippen LogP contribution >= 0.6 is 12.4 Å². The number of esters is 2. The lowest BCUT2D eigenvalue weighted by molar-refractivity contribution is -0.253. The van der Waals surface area contributed by atoms with Crippen LogP contribution in [0.15, 0.2) is 107 Å². The predicted molar refractivity (Wildman–Crippen MR) is 183 cm³/mol. The number of nitrogens with one attached hydrogen (secondary N) is 1. The third-order valence-electron chi connectivity index (χ3n) is 9.30. The van der Waals surface area contributed by atoms with Gasteiger partial charge in [0, 0.05) is 23.4 Å². The first-order valence-electron chi connectivity index (χ1n) is 16.2. The molecule has 0 saturated carbocycles. The summed E-state index contributed by atoms with van der Waals surface area (Å²) in [7, 11) is 1.18. The second-order valence-corrected chi connectivity index (χ2v) is 12.3. The van der Waals surface area contributed by atoms with Gasteiger partial charge in [-0.25, -0.2) is 9.59 Å². The van der Waals surface area contributed by atoms with Crippen molar-refractivity contribution in [3.05, 3.63) is 124 Å². The molecule has 1 saturated heterocycles. The Labute approximate surface area is 295 Å². The molecular formula is C38H41ClF4N2O5. The summed E-state index contributed by atoms with van der Waals surface area (Å²) in [6, 6.07) is 26.1. The molecule has 7 nitrogen and oxygen atoms in total. The van der Waals surface area contributed by atoms with Gasteiger partial charge >= 0.3 is 24.5 Å². The highest BCUT2D eigenvalue weighted by atomic mass is 35.5. The highest BCUT2D eigenvalue weighted by Gasteiger charge is 2.44. The van der Waals surface area contributed by atoms with Gasteiger partial charge < -0.3 is 24.4 Å². The van der Waals surface area contributed by atoms with Gasteiger partial charge in [0.25, 0.3) is 0 Å². The van der Waals surface area contributed by atoms with E-state index in [-0.39, 0.29) is 41.1 Å². The Morgan fingerprint density at radius 1 is 0.880 bits per heavy atom. The molecule has 3 aromatic carbocycles. The molecule has 0 amide bonds. The van der Waals surface area contributed by atoms with E-state index in [4.69, 9.17) is 9.47 Å². The van der Waals surface area contributed by atoms with E-state index in [1.807, 2.05) is 12.1 Å². The Bertz CT molecular complexity index is 1650. The molecule has 1 unspecified atom stereocenters. The lowest BCUT2D eigenvalue weighted by Crippen LogP contribution is -2.43. The average molecular weight is 717 g/mol. The Kier molecular flexibility index (Phi) is 12.7. The molecule has 0 spiro atoms. The van der Waals surface area contributed by atoms with E-state index < -0.39 is 36.1 Å². The van der Waals surface area contributed by atoms with Gasteiger partial charge in [0.1, 0.15) is 5.75 Å². The molecule has 1 atom stereocenters. The molecule has 0 bridgehead atoms. The van der Waals surface area contributed by atoms with Gasteiger partial charge in [-0.15, -0.1) is 12.4 Å². The summed E-state index contributed by atoms with van der Waals surface area (Å²) in [4.78, 5) is 29.0. The van der Waals surface area contributed by atoms with Crippen LogP contribution < -0.4 is 10.1 Å². The van der Waals surface area contributed by atoms with Crippen molar-refractivity contribution in [2.45, 2.75) is 57.0 Å². The second-order valence-electron chi connectivity index (χ2n) is 12.3. The zero-order valence-electron chi connectivity index (χ0n) is 28.1. The van der Waals surface area contributed by atoms with Crippen LogP contribution in [-0.2, 0) is 24.5 Å². The van der Waals surface area contributed by atoms with Crippen LogP contribution in [0, 0.1) is 0 Å². The van der Waals surface area contributed by atoms with Crippen LogP contribution in [0.1, 0.15) is 55.7 Å². The van der Waals surface area contributed by atoms with Crippen molar-refractivity contribution in [3.63, 3.8) is 0 Å². The molecule has 2 heterocycles. The van der Waals surface area contributed by atoms with Gasteiger partial charge in [0.2, 0.25) is 0 Å². The number of dihydropyridines is 1. The number of piperidine rings is 1. The van der Waals surface area contributed by atoms with Gasteiger partial charge in [-0.1, -0.05) is 72.8 Å². The van der Waals surface area contributed by atoms with E-state index in [0.717, 1.165) is 38.1 Å². The number of ether oxygens (including phenoxy) is 3. The number of alkyl halides is 4. The largest absolute Gasteiger partial charge is 0.466 e. The summed E-state index contributed by atoms with van der Waals surface area (Å²) in [5, 5.41) is 3.02. The maximum absolute atomic E-state index is 13.7. The highest BCUT2D eigenvalue weighted by molar-refractivity contribution is 5.99. The topological polar surface area (TPSA) is 77.1 Å². The zero-order valence-corrected chi connectivity index (χ0v) is 28.9. The van der Waals surface area contributed by atoms with Gasteiger partial charge in [0.15, 0.2) is 0 Å². The van der Waals surface area contributed by atoms with Crippen LogP contribution in [-0.4, -0.2) is 62.7 Å². The van der Waals surface area contributed by atoms with Crippen LogP contribution in [0.5, 0.6) is 5.75 Å². The van der Waals surface area contributed by atoms with Crippen molar-refractivity contribution in [3.8, 4) is 5.75 Å². The third-order valence-corrected chi connectivity index (χ3v) is 9.30. The third kappa shape index (κ3) is 8.33. The Morgan fingerprint density at radius 2 is 1.44 bits per heavy atom. The molecule has 1 fully saturated rings. The van der Waals surface area contributed by atoms with Crippen molar-refractivity contribution in [1.82, 2.24) is 10.2 Å². The molecule has 5 rings (SSSR count). The number of carbonyl (C=O) groups excluding carboxylic acids is 2. The molecule has 2 aliphatic rings. The zero-order chi connectivity index (χ0) is 35.2. The number of likely N-dealkylation sites (tertiary alicyclic amines) is 1. The number of hydrogen-bond acceptors (Lipinski definition) is 7. The SMILES string of the molecule is COC(=O)C1=C(C)NC(C)=C(C(=O)OCCCN2CCC(c3ccccc3)(c3ccccc3)CC2)C1c1cccc(OC(F)(F)C(F)F)c1.Cl. The fourth-order valence-electron chi connectivity index (χ4n) is 6.89. The Morgan fingerprint density at radius 3 is 1.98 bits per heavy atom. The van der Waals surface area contributed by atoms with Crippen molar-refractivity contribution in [2.75, 3.05) is 33.4 Å². The summed E-state index contributed by atoms with van der Waals surface area (Å²) < 4.78 is 68.2. The molecule has 0 aromatic heterocycles. The quantitative estimate of drug-likeness (QED) is 0.117. The fraction of sp³-hybridized carbons (Fsp3) is 0.368. The number of benzene rings is 3. The van der Waals surface area contributed by atoms with E-state index in [1.165, 1.54) is 30.4 Å². The van der Waals surface area contributed by atoms with Gasteiger partial charge in [-0.05, 0) is 75.0 Å². The molecule has 268 valence electrons. The van der Waals surface area contributed by atoms with E-state index >= 15 is 0 Å². The number of nitrogens with zero attached hydrogens (tertiary/aromatic N) is 1. The van der Waals surface area contributed by atoms with E-state index in [2.05, 4.69) is 63.5 Å². The van der Waals surface area contributed by atoms with Gasteiger partial charge in [0.05, 0.1) is 30.8 Å². The van der Waals surface area contributed by atoms with Crippen molar-refractivity contribution in [1.29, 1.82) is 0 Å². The predicted octanol–water partition coefficient (Wildman–Crippen LogP) is 7.77. The number of carbonyl (C=O) groups is 2. The minimum atomic E-state index is -4.74. The monoisotopic (exact) mass is 716 g/mol. The number of halogens is 5. The first-order chi connectivity index (χ1) is 23.5. The van der Waals surface area contributed by atoms with Crippen LogP contribution in [0.3, 0.4) is 0 Å². The fourth-order valence-corrected chi connectivity index (χ4v) is 6.89. The second kappa shape index (κ2) is 16.6. The van der Waals surface area contributed by atoms with E-state index in [0.29, 0.717) is 24.4 Å². The number of rotatable bonds is 12. The molecule has 0 aliphatic carbocycles. The summed E-state index contributed by atoms with van der Waals surface area (Å²) in [5.74, 6) is -3.13. The lowest BCUT2D eigenvalue weighted by Gasteiger charge is -2.43. The van der Waals surface area contributed by atoms with Crippen molar-refractivity contribution >= 4 is 24.3 Å². The number of allylic oxidation sites excluding steroid dienone is 2. The lowest BCUT2D eigenvalue weighted by atomic mass is 9.68. The molecule has 2 aliphatic heterocycles. The maximum atomic E-state index is 13.7. The minimum absolute atomic E-state index is 0. The van der Waals surface area contributed by atoms with E-state index in [9.17, 15) is 27.2 Å². The number of hydrogen-bond donors (Lipinski definition) is 1. The maximum Gasteiger partial charge on any atom is 0.461 e. The molecule has 1 N–H and O–H groups in total. The molecule has 50 heavy (non-hydrogen) atoms. The summed E-state index contributed by atoms with van der Waals surface area (Å²) in [6.45, 7) is 5.77. The highest BCUT2D eigenvalue weighted by Crippen LogP contribution is 2.43. The summed E-state index contributed by atoms with van der Waals surface area (Å²) in [6.07, 6.45) is -6.36. The van der Waals surface area contributed by atoms with Crippen molar-refractivity contribution in [2.24, 2.45) is 0 Å². The summed E-state index contributed by atoms with van der Waals surface area (Å²) >= 11 is 0. The van der Waals surface area contributed by atoms with Crippen LogP contribution in [0.2, 0.25) is 0 Å². The standard InChI is InChI=1S/C38H40F4N2O5.ClH/c1-25-31(34(45)47-3)33(27-12-10-17-30(24-27)49-38(41,42)36(39)40)32(26(2)43-25)35(46)48-23-11-20-44-21-18-37(19-22-44,28-13-6-4-7-14-28)29-15-8-5-9-16-29;/h4-10,12-17,24,33,36,43H,11,18-23H2,1-3H3;1H. The first kappa shape index (κ1) is 38.5. The van der Waals surface area contributed by atoms with Gasteiger partial charge in [-0.3, -0.25) is 0 Å². The Balaban J connectivity index is 0.00000562. The first-order valence-corrected chi connectivity index (χ1v) is 16.2. The normalized spacial score (nSPS) is 17.9. The molecule has 12 heteroatoms.